The minimum absolute atomic E-state index is 0.216. The van der Waals surface area contributed by atoms with Gasteiger partial charge in [-0.3, -0.25) is 0 Å². The van der Waals surface area contributed by atoms with Crippen LogP contribution >= 0.6 is 0 Å². The summed E-state index contributed by atoms with van der Waals surface area (Å²) in [5, 5.41) is 10.7. The fourth-order valence-corrected chi connectivity index (χ4v) is 3.47. The summed E-state index contributed by atoms with van der Waals surface area (Å²) in [7, 11) is 0. The third-order valence-electron chi connectivity index (χ3n) is 4.55. The molecule has 0 aliphatic heterocycles. The summed E-state index contributed by atoms with van der Waals surface area (Å²) in [6.07, 6.45) is 4.24. The van der Waals surface area contributed by atoms with Gasteiger partial charge in [0.05, 0.1) is 6.10 Å². The second kappa shape index (κ2) is 6.23. The molecule has 0 heterocycles. The topological polar surface area (TPSA) is 20.2 Å². The van der Waals surface area contributed by atoms with Crippen LogP contribution in [0.5, 0.6) is 0 Å². The van der Waals surface area contributed by atoms with E-state index in [4.69, 9.17) is 0 Å². The molecule has 1 nitrogen and oxygen atoms in total. The Morgan fingerprint density at radius 1 is 0.850 bits per heavy atom. The fraction of sp³-hybridized carbons (Fsp3) is 0.368. The van der Waals surface area contributed by atoms with E-state index in [2.05, 4.69) is 48.5 Å². The Kier molecular flexibility index (Phi) is 4.17. The predicted molar refractivity (Wildman–Crippen MR) is 82.7 cm³/mol. The predicted octanol–water partition coefficient (Wildman–Crippen LogP) is 4.17. The van der Waals surface area contributed by atoms with Gasteiger partial charge in [-0.15, -0.1) is 0 Å². The third kappa shape index (κ3) is 2.94. The standard InChI is InChI=1S/C19H22O/c20-19-17(14-15-8-3-1-4-9-15)12-7-13-18(19)16-10-5-2-6-11-16/h1-6,8-11,17-20H,7,12-14H2/t17-,18+,19+/m1/s1. The molecule has 3 rings (SSSR count). The van der Waals surface area contributed by atoms with Gasteiger partial charge < -0.3 is 5.11 Å². The van der Waals surface area contributed by atoms with E-state index >= 15 is 0 Å². The molecule has 3 atom stereocenters. The van der Waals surface area contributed by atoms with Gasteiger partial charge in [0, 0.05) is 5.92 Å². The molecule has 20 heavy (non-hydrogen) atoms. The number of aliphatic hydroxyl groups excluding tert-OH is 1. The molecular weight excluding hydrogens is 244 g/mol. The molecule has 2 aromatic rings. The first-order valence-electron chi connectivity index (χ1n) is 7.61. The molecule has 1 heteroatoms. The summed E-state index contributed by atoms with van der Waals surface area (Å²) in [5.41, 5.74) is 2.63. The van der Waals surface area contributed by atoms with E-state index < -0.39 is 0 Å². The zero-order valence-corrected chi connectivity index (χ0v) is 11.8. The van der Waals surface area contributed by atoms with Crippen molar-refractivity contribution in [3.8, 4) is 0 Å². The molecule has 0 saturated heterocycles. The molecule has 0 radical (unpaired) electrons. The Morgan fingerprint density at radius 2 is 1.50 bits per heavy atom. The molecule has 1 saturated carbocycles. The first-order valence-corrected chi connectivity index (χ1v) is 7.61. The summed E-state index contributed by atoms with van der Waals surface area (Å²) in [6.45, 7) is 0. The van der Waals surface area contributed by atoms with Crippen LogP contribution in [-0.2, 0) is 6.42 Å². The van der Waals surface area contributed by atoms with Crippen molar-refractivity contribution < 1.29 is 5.11 Å². The maximum absolute atomic E-state index is 10.7. The smallest absolute Gasteiger partial charge is 0.0640 e. The van der Waals surface area contributed by atoms with Gasteiger partial charge in [-0.2, -0.15) is 0 Å². The van der Waals surface area contributed by atoms with Gasteiger partial charge in [0.15, 0.2) is 0 Å². The summed E-state index contributed by atoms with van der Waals surface area (Å²) in [5.74, 6) is 0.690. The molecule has 1 aliphatic carbocycles. The maximum atomic E-state index is 10.7. The molecule has 1 N–H and O–H groups in total. The number of hydrogen-bond donors (Lipinski definition) is 1. The fourth-order valence-electron chi connectivity index (χ4n) is 3.47. The molecule has 0 aromatic heterocycles. The lowest BCUT2D eigenvalue weighted by Gasteiger charge is -2.35. The Hall–Kier alpha value is -1.60. The average molecular weight is 266 g/mol. The maximum Gasteiger partial charge on any atom is 0.0640 e. The van der Waals surface area contributed by atoms with E-state index in [-0.39, 0.29) is 6.10 Å². The van der Waals surface area contributed by atoms with Crippen LogP contribution in [0.15, 0.2) is 60.7 Å². The van der Waals surface area contributed by atoms with Crippen LogP contribution in [0.1, 0.15) is 36.3 Å². The molecular formula is C19H22O. The van der Waals surface area contributed by atoms with Crippen LogP contribution < -0.4 is 0 Å². The van der Waals surface area contributed by atoms with Gasteiger partial charge in [-0.05, 0) is 36.3 Å². The van der Waals surface area contributed by atoms with E-state index in [9.17, 15) is 5.11 Å². The van der Waals surface area contributed by atoms with Crippen molar-refractivity contribution in [2.75, 3.05) is 0 Å². The van der Waals surface area contributed by atoms with Gasteiger partial charge in [0.1, 0.15) is 0 Å². The molecule has 2 aromatic carbocycles. The molecule has 1 fully saturated rings. The van der Waals surface area contributed by atoms with Crippen LogP contribution in [0, 0.1) is 5.92 Å². The van der Waals surface area contributed by atoms with E-state index in [1.54, 1.807) is 0 Å². The molecule has 0 amide bonds. The van der Waals surface area contributed by atoms with E-state index in [1.807, 2.05) is 12.1 Å². The zero-order chi connectivity index (χ0) is 13.8. The van der Waals surface area contributed by atoms with E-state index in [1.165, 1.54) is 17.5 Å². The summed E-state index contributed by atoms with van der Waals surface area (Å²) in [6, 6.07) is 21.0. The Bertz CT molecular complexity index is 520. The second-order valence-corrected chi connectivity index (χ2v) is 5.89. The number of hydrogen-bond acceptors (Lipinski definition) is 1. The van der Waals surface area contributed by atoms with Crippen LogP contribution in [0.2, 0.25) is 0 Å². The van der Waals surface area contributed by atoms with E-state index in [0.29, 0.717) is 11.8 Å². The monoisotopic (exact) mass is 266 g/mol. The van der Waals surface area contributed by atoms with Gasteiger partial charge >= 0.3 is 0 Å². The van der Waals surface area contributed by atoms with Crippen LogP contribution in [-0.4, -0.2) is 11.2 Å². The number of benzene rings is 2. The molecule has 0 spiro atoms. The number of aliphatic hydroxyl groups is 1. The van der Waals surface area contributed by atoms with Crippen molar-refractivity contribution in [2.24, 2.45) is 5.92 Å². The van der Waals surface area contributed by atoms with Gasteiger partial charge in [-0.25, -0.2) is 0 Å². The summed E-state index contributed by atoms with van der Waals surface area (Å²) in [4.78, 5) is 0. The third-order valence-corrected chi connectivity index (χ3v) is 4.55. The Balaban J connectivity index is 1.74. The van der Waals surface area contributed by atoms with Crippen molar-refractivity contribution in [2.45, 2.75) is 37.7 Å². The zero-order valence-electron chi connectivity index (χ0n) is 11.8. The normalized spacial score (nSPS) is 26.4. The van der Waals surface area contributed by atoms with Crippen LogP contribution in [0.3, 0.4) is 0 Å². The Labute approximate surface area is 121 Å². The first kappa shape index (κ1) is 13.4. The van der Waals surface area contributed by atoms with Crippen LogP contribution in [0.4, 0.5) is 0 Å². The second-order valence-electron chi connectivity index (χ2n) is 5.89. The molecule has 0 bridgehead atoms. The lowest BCUT2D eigenvalue weighted by atomic mass is 9.73. The first-order chi connectivity index (χ1) is 9.84. The highest BCUT2D eigenvalue weighted by molar-refractivity contribution is 5.23. The van der Waals surface area contributed by atoms with Gasteiger partial charge in [-0.1, -0.05) is 67.1 Å². The minimum atomic E-state index is -0.216. The summed E-state index contributed by atoms with van der Waals surface area (Å²) < 4.78 is 0. The Morgan fingerprint density at radius 3 is 2.20 bits per heavy atom. The lowest BCUT2D eigenvalue weighted by Crippen LogP contribution is -2.33. The summed E-state index contributed by atoms with van der Waals surface area (Å²) >= 11 is 0. The van der Waals surface area contributed by atoms with Crippen molar-refractivity contribution in [3.63, 3.8) is 0 Å². The highest BCUT2D eigenvalue weighted by Gasteiger charge is 2.32. The van der Waals surface area contributed by atoms with Crippen LogP contribution in [0.25, 0.3) is 0 Å². The van der Waals surface area contributed by atoms with Crippen molar-refractivity contribution in [1.82, 2.24) is 0 Å². The SMILES string of the molecule is O[C@H]1[C@@H](Cc2ccccc2)CCC[C@H]1c1ccccc1. The van der Waals surface area contributed by atoms with Gasteiger partial charge in [0.2, 0.25) is 0 Å². The van der Waals surface area contributed by atoms with Crippen molar-refractivity contribution in [1.29, 1.82) is 0 Å². The van der Waals surface area contributed by atoms with E-state index in [0.717, 1.165) is 19.3 Å². The van der Waals surface area contributed by atoms with Crippen molar-refractivity contribution >= 4 is 0 Å². The lowest BCUT2D eigenvalue weighted by molar-refractivity contribution is 0.0490. The molecule has 1 aliphatic rings. The quantitative estimate of drug-likeness (QED) is 0.884. The largest absolute Gasteiger partial charge is 0.392 e. The average Bonchev–Trinajstić information content (AvgIpc) is 2.51. The molecule has 104 valence electrons. The number of rotatable bonds is 3. The highest BCUT2D eigenvalue weighted by atomic mass is 16.3. The highest BCUT2D eigenvalue weighted by Crippen LogP contribution is 2.37. The minimum Gasteiger partial charge on any atom is -0.392 e. The van der Waals surface area contributed by atoms with Gasteiger partial charge in [0.25, 0.3) is 0 Å². The molecule has 0 unspecified atom stereocenters. The van der Waals surface area contributed by atoms with Crippen molar-refractivity contribution in [3.05, 3.63) is 71.8 Å².